The molecule has 1 aliphatic rings. The minimum Gasteiger partial charge on any atom is -0.483 e. The van der Waals surface area contributed by atoms with Gasteiger partial charge in [-0.1, -0.05) is 29.8 Å². The number of nitrogens with two attached hydrogens (primary N) is 1. The third-order valence-corrected chi connectivity index (χ3v) is 6.75. The number of carbonyl (C=O) groups is 2. The second-order valence-electron chi connectivity index (χ2n) is 7.06. The molecule has 1 aromatic heterocycles. The van der Waals surface area contributed by atoms with E-state index in [1.165, 1.54) is 11.3 Å². The highest BCUT2D eigenvalue weighted by molar-refractivity contribution is 9.10. The summed E-state index contributed by atoms with van der Waals surface area (Å²) < 4.78 is 6.82. The molecule has 5 nitrogen and oxygen atoms in total. The summed E-state index contributed by atoms with van der Waals surface area (Å²) >= 11 is 4.98. The van der Waals surface area contributed by atoms with E-state index < -0.39 is 5.91 Å². The van der Waals surface area contributed by atoms with Gasteiger partial charge in [0.1, 0.15) is 10.8 Å². The number of benzene rings is 1. The first-order valence-corrected chi connectivity index (χ1v) is 10.6. The number of hydrogen-bond donors (Lipinski definition) is 2. The predicted molar refractivity (Wildman–Crippen MR) is 112 cm³/mol. The van der Waals surface area contributed by atoms with E-state index in [4.69, 9.17) is 10.5 Å². The summed E-state index contributed by atoms with van der Waals surface area (Å²) in [5.41, 5.74) is 9.07. The molecule has 2 aromatic rings. The van der Waals surface area contributed by atoms with Crippen molar-refractivity contribution in [2.24, 2.45) is 5.73 Å². The van der Waals surface area contributed by atoms with Crippen molar-refractivity contribution in [3.05, 3.63) is 43.7 Å². The van der Waals surface area contributed by atoms with E-state index in [0.717, 1.165) is 45.3 Å². The number of ether oxygens (including phenoxy) is 1. The standard InChI is InChI=1S/C20H23BrN2O3S/c1-10(2)13-8-14(21)11(3)7-15(13)26-9-17(24)23-20-18(19(22)25)12-5-4-6-16(12)27-20/h7-8,10H,4-6,9H2,1-3H3,(H2,22,25)(H,23,24). The Hall–Kier alpha value is -1.86. The summed E-state index contributed by atoms with van der Waals surface area (Å²) in [4.78, 5) is 25.4. The number of carbonyl (C=O) groups excluding carboxylic acids is 2. The van der Waals surface area contributed by atoms with Gasteiger partial charge in [-0.15, -0.1) is 11.3 Å². The van der Waals surface area contributed by atoms with Crippen molar-refractivity contribution in [1.29, 1.82) is 0 Å². The van der Waals surface area contributed by atoms with Crippen LogP contribution in [0.15, 0.2) is 16.6 Å². The Balaban J connectivity index is 1.73. The van der Waals surface area contributed by atoms with E-state index in [9.17, 15) is 9.59 Å². The van der Waals surface area contributed by atoms with E-state index in [-0.39, 0.29) is 18.4 Å². The number of aryl methyl sites for hydroxylation is 2. The number of nitrogens with one attached hydrogen (secondary N) is 1. The molecule has 27 heavy (non-hydrogen) atoms. The van der Waals surface area contributed by atoms with Crippen LogP contribution in [0.5, 0.6) is 5.75 Å². The zero-order valence-corrected chi connectivity index (χ0v) is 18.1. The van der Waals surface area contributed by atoms with Crippen LogP contribution >= 0.6 is 27.3 Å². The first-order chi connectivity index (χ1) is 12.8. The topological polar surface area (TPSA) is 81.4 Å². The molecule has 0 radical (unpaired) electrons. The van der Waals surface area contributed by atoms with Gasteiger partial charge in [0.2, 0.25) is 0 Å². The fourth-order valence-electron chi connectivity index (χ4n) is 3.31. The first kappa shape index (κ1) is 19.9. The molecule has 0 fully saturated rings. The van der Waals surface area contributed by atoms with Crippen LogP contribution in [0.2, 0.25) is 0 Å². The second kappa shape index (κ2) is 8.02. The van der Waals surface area contributed by atoms with Gasteiger partial charge in [0.15, 0.2) is 6.61 Å². The molecule has 1 aromatic carbocycles. The lowest BCUT2D eigenvalue weighted by Gasteiger charge is -2.16. The molecule has 2 amide bonds. The maximum Gasteiger partial charge on any atom is 0.262 e. The normalized spacial score (nSPS) is 12.9. The van der Waals surface area contributed by atoms with Gasteiger partial charge in [-0.2, -0.15) is 0 Å². The minimum absolute atomic E-state index is 0.123. The van der Waals surface area contributed by atoms with Crippen LogP contribution in [0, 0.1) is 6.92 Å². The number of amides is 2. The van der Waals surface area contributed by atoms with Crippen LogP contribution in [0.25, 0.3) is 0 Å². The number of halogens is 1. The lowest BCUT2D eigenvalue weighted by Crippen LogP contribution is -2.22. The number of hydrogen-bond acceptors (Lipinski definition) is 4. The summed E-state index contributed by atoms with van der Waals surface area (Å²) in [6, 6.07) is 3.96. The van der Waals surface area contributed by atoms with Gasteiger partial charge in [0.05, 0.1) is 5.56 Å². The maximum absolute atomic E-state index is 12.4. The van der Waals surface area contributed by atoms with Gasteiger partial charge in [0.25, 0.3) is 11.8 Å². The largest absolute Gasteiger partial charge is 0.483 e. The first-order valence-electron chi connectivity index (χ1n) is 8.95. The van der Waals surface area contributed by atoms with Crippen LogP contribution < -0.4 is 15.8 Å². The Morgan fingerprint density at radius 2 is 2.07 bits per heavy atom. The summed E-state index contributed by atoms with van der Waals surface area (Å²) in [6.45, 7) is 6.02. The van der Waals surface area contributed by atoms with Crippen molar-refractivity contribution in [3.8, 4) is 5.75 Å². The third-order valence-electron chi connectivity index (χ3n) is 4.69. The second-order valence-corrected chi connectivity index (χ2v) is 9.02. The molecule has 0 saturated carbocycles. The molecule has 7 heteroatoms. The molecule has 0 aliphatic heterocycles. The summed E-state index contributed by atoms with van der Waals surface area (Å²) in [7, 11) is 0. The predicted octanol–water partition coefficient (Wildman–Crippen LogP) is 4.55. The lowest BCUT2D eigenvalue weighted by molar-refractivity contribution is -0.118. The number of fused-ring (bicyclic) bond motifs is 1. The van der Waals surface area contributed by atoms with Crippen LogP contribution in [0.4, 0.5) is 5.00 Å². The Labute approximate surface area is 171 Å². The molecule has 1 aliphatic carbocycles. The SMILES string of the molecule is Cc1cc(OCC(=O)Nc2sc3c(c2C(N)=O)CCC3)c(C(C)C)cc1Br. The molecule has 144 valence electrons. The van der Waals surface area contributed by atoms with Crippen molar-refractivity contribution in [2.75, 3.05) is 11.9 Å². The number of anilines is 1. The van der Waals surface area contributed by atoms with Crippen LogP contribution in [0.3, 0.4) is 0 Å². The Bertz CT molecular complexity index is 905. The lowest BCUT2D eigenvalue weighted by atomic mass is 10.0. The van der Waals surface area contributed by atoms with Gasteiger partial charge in [0, 0.05) is 9.35 Å². The number of primary amides is 1. The van der Waals surface area contributed by atoms with E-state index in [1.54, 1.807) is 0 Å². The molecular weight excluding hydrogens is 428 g/mol. The highest BCUT2D eigenvalue weighted by atomic mass is 79.9. The maximum atomic E-state index is 12.4. The summed E-state index contributed by atoms with van der Waals surface area (Å²) in [6.07, 6.45) is 2.80. The van der Waals surface area contributed by atoms with E-state index in [0.29, 0.717) is 16.3 Å². The van der Waals surface area contributed by atoms with Crippen LogP contribution in [0.1, 0.15) is 58.1 Å². The Morgan fingerprint density at radius 1 is 1.33 bits per heavy atom. The molecule has 3 rings (SSSR count). The molecule has 3 N–H and O–H groups in total. The smallest absolute Gasteiger partial charge is 0.262 e. The zero-order chi connectivity index (χ0) is 19.7. The highest BCUT2D eigenvalue weighted by Gasteiger charge is 2.26. The average molecular weight is 451 g/mol. The monoisotopic (exact) mass is 450 g/mol. The molecule has 1 heterocycles. The van der Waals surface area contributed by atoms with Gasteiger partial charge in [-0.25, -0.2) is 0 Å². The van der Waals surface area contributed by atoms with E-state index in [1.807, 2.05) is 19.1 Å². The van der Waals surface area contributed by atoms with Crippen molar-refractivity contribution in [1.82, 2.24) is 0 Å². The Kier molecular flexibility index (Phi) is 5.91. The average Bonchev–Trinajstić information content (AvgIpc) is 3.15. The van der Waals surface area contributed by atoms with Crippen molar-refractivity contribution in [2.45, 2.75) is 46.0 Å². The number of rotatable bonds is 6. The molecule has 0 unspecified atom stereocenters. The summed E-state index contributed by atoms with van der Waals surface area (Å²) in [5, 5.41) is 3.35. The quantitative estimate of drug-likeness (QED) is 0.676. The molecule has 0 saturated heterocycles. The highest BCUT2D eigenvalue weighted by Crippen LogP contribution is 2.39. The molecule has 0 atom stereocenters. The van der Waals surface area contributed by atoms with Crippen molar-refractivity contribution < 1.29 is 14.3 Å². The van der Waals surface area contributed by atoms with Gasteiger partial charge >= 0.3 is 0 Å². The summed E-state index contributed by atoms with van der Waals surface area (Å²) in [5.74, 6) is 0.176. The van der Waals surface area contributed by atoms with Gasteiger partial charge < -0.3 is 15.8 Å². The van der Waals surface area contributed by atoms with E-state index >= 15 is 0 Å². The fourth-order valence-corrected chi connectivity index (χ4v) is 4.98. The molecule has 0 bridgehead atoms. The minimum atomic E-state index is -0.490. The van der Waals surface area contributed by atoms with Crippen LogP contribution in [-0.4, -0.2) is 18.4 Å². The number of thiophene rings is 1. The molecule has 0 spiro atoms. The molecular formula is C20H23BrN2O3S. The van der Waals surface area contributed by atoms with Crippen LogP contribution in [-0.2, 0) is 17.6 Å². The van der Waals surface area contributed by atoms with Crippen molar-refractivity contribution in [3.63, 3.8) is 0 Å². The third kappa shape index (κ3) is 4.19. The Morgan fingerprint density at radius 3 is 2.74 bits per heavy atom. The van der Waals surface area contributed by atoms with Gasteiger partial charge in [-0.05, 0) is 60.9 Å². The van der Waals surface area contributed by atoms with Crippen molar-refractivity contribution >= 4 is 44.1 Å². The van der Waals surface area contributed by atoms with Gasteiger partial charge in [-0.3, -0.25) is 9.59 Å². The zero-order valence-electron chi connectivity index (χ0n) is 15.6. The fraction of sp³-hybridized carbons (Fsp3) is 0.400. The van der Waals surface area contributed by atoms with E-state index in [2.05, 4.69) is 35.1 Å².